The van der Waals surface area contributed by atoms with Crippen LogP contribution in [-0.4, -0.2) is 22.5 Å². The number of hydrogen-bond acceptors (Lipinski definition) is 4. The molecule has 0 radical (unpaired) electrons. The molecule has 0 bridgehead atoms. The van der Waals surface area contributed by atoms with Crippen LogP contribution in [0.3, 0.4) is 0 Å². The van der Waals surface area contributed by atoms with E-state index < -0.39 is 17.5 Å². The van der Waals surface area contributed by atoms with Gasteiger partial charge >= 0.3 is 11.9 Å². The maximum atomic E-state index is 11.4. The van der Waals surface area contributed by atoms with Crippen LogP contribution in [0.25, 0.3) is 0 Å². The summed E-state index contributed by atoms with van der Waals surface area (Å²) in [6.07, 6.45) is 3.24. The molecule has 0 saturated heterocycles. The molecule has 0 spiro atoms. The number of aromatic nitrogens is 1. The van der Waals surface area contributed by atoms with E-state index in [-0.39, 0.29) is 6.54 Å². The number of esters is 1. The molecule has 1 rings (SSSR count). The van der Waals surface area contributed by atoms with Crippen LogP contribution in [0.4, 0.5) is 0 Å². The summed E-state index contributed by atoms with van der Waals surface area (Å²) in [5, 5.41) is 2.48. The first-order valence-electron chi connectivity index (χ1n) is 5.28. The first-order chi connectivity index (χ1) is 7.88. The largest absolute Gasteiger partial charge is 0.453 e. The van der Waals surface area contributed by atoms with Gasteiger partial charge in [0.25, 0.3) is 0 Å². The van der Waals surface area contributed by atoms with Gasteiger partial charge in [-0.2, -0.15) is 0 Å². The Balaban J connectivity index is 2.43. The fourth-order valence-corrected chi connectivity index (χ4v) is 1.08. The molecule has 17 heavy (non-hydrogen) atoms. The fraction of sp³-hybridized carbons (Fsp3) is 0.417. The summed E-state index contributed by atoms with van der Waals surface area (Å²) in [5.41, 5.74) is 0.211. The second kappa shape index (κ2) is 5.43. The second-order valence-electron chi connectivity index (χ2n) is 4.54. The Morgan fingerprint density at radius 1 is 1.29 bits per heavy atom. The van der Waals surface area contributed by atoms with Gasteiger partial charge in [-0.15, -0.1) is 0 Å². The van der Waals surface area contributed by atoms with Gasteiger partial charge in [-0.25, -0.2) is 4.79 Å². The summed E-state index contributed by atoms with van der Waals surface area (Å²) in [6.45, 7) is 5.41. The Labute approximate surface area is 100 Å². The predicted octanol–water partition coefficient (Wildman–Crippen LogP) is 1.04. The fourth-order valence-electron chi connectivity index (χ4n) is 1.08. The first-order valence-corrected chi connectivity index (χ1v) is 5.28. The van der Waals surface area contributed by atoms with Crippen molar-refractivity contribution >= 4 is 11.9 Å². The van der Waals surface area contributed by atoms with E-state index in [2.05, 4.69) is 10.3 Å². The SMILES string of the molecule is CC(C)(C)OC(=O)C(=O)NCc1ccncc1. The molecule has 0 atom stereocenters. The number of carbonyl (C=O) groups is 2. The normalized spacial score (nSPS) is 10.8. The van der Waals surface area contributed by atoms with Gasteiger partial charge in [0, 0.05) is 18.9 Å². The van der Waals surface area contributed by atoms with E-state index in [0.717, 1.165) is 5.56 Å². The Bertz CT molecular complexity index is 396. The van der Waals surface area contributed by atoms with Crippen LogP contribution in [0, 0.1) is 0 Å². The van der Waals surface area contributed by atoms with Gasteiger partial charge in [-0.05, 0) is 38.5 Å². The molecule has 0 aromatic carbocycles. The van der Waals surface area contributed by atoms with E-state index in [1.807, 2.05) is 0 Å². The highest BCUT2D eigenvalue weighted by atomic mass is 16.6. The average molecular weight is 236 g/mol. The van der Waals surface area contributed by atoms with Crippen molar-refractivity contribution in [2.45, 2.75) is 32.9 Å². The molecule has 1 amide bonds. The molecule has 0 fully saturated rings. The number of nitrogens with one attached hydrogen (secondary N) is 1. The van der Waals surface area contributed by atoms with Gasteiger partial charge < -0.3 is 10.1 Å². The molecule has 0 aliphatic carbocycles. The summed E-state index contributed by atoms with van der Waals surface area (Å²) < 4.78 is 4.92. The minimum atomic E-state index is -0.869. The van der Waals surface area contributed by atoms with Crippen molar-refractivity contribution in [1.82, 2.24) is 10.3 Å². The smallest absolute Gasteiger partial charge is 0.397 e. The maximum Gasteiger partial charge on any atom is 0.397 e. The number of pyridine rings is 1. The molecule has 1 heterocycles. The molecular formula is C12H16N2O3. The molecule has 1 aromatic heterocycles. The van der Waals surface area contributed by atoms with Crippen molar-refractivity contribution in [3.63, 3.8) is 0 Å². The van der Waals surface area contributed by atoms with Crippen LogP contribution >= 0.6 is 0 Å². The predicted molar refractivity (Wildman–Crippen MR) is 61.9 cm³/mol. The van der Waals surface area contributed by atoms with Gasteiger partial charge in [0.15, 0.2) is 0 Å². The number of nitrogens with zero attached hydrogens (tertiary/aromatic N) is 1. The number of ether oxygens (including phenoxy) is 1. The number of carbonyl (C=O) groups excluding carboxylic acids is 2. The Hall–Kier alpha value is -1.91. The highest BCUT2D eigenvalue weighted by Gasteiger charge is 2.22. The summed E-state index contributed by atoms with van der Waals surface area (Å²) in [4.78, 5) is 26.6. The highest BCUT2D eigenvalue weighted by molar-refractivity contribution is 6.32. The summed E-state index contributed by atoms with van der Waals surface area (Å²) >= 11 is 0. The lowest BCUT2D eigenvalue weighted by atomic mass is 10.2. The Morgan fingerprint density at radius 3 is 2.41 bits per heavy atom. The quantitative estimate of drug-likeness (QED) is 0.615. The molecule has 0 aliphatic heterocycles. The van der Waals surface area contributed by atoms with Gasteiger partial charge in [0.2, 0.25) is 0 Å². The maximum absolute atomic E-state index is 11.4. The van der Waals surface area contributed by atoms with Gasteiger partial charge in [0.1, 0.15) is 5.60 Å². The lowest BCUT2D eigenvalue weighted by molar-refractivity contribution is -0.163. The number of rotatable bonds is 2. The van der Waals surface area contributed by atoms with E-state index in [1.165, 1.54) is 0 Å². The third kappa shape index (κ3) is 5.10. The molecular weight excluding hydrogens is 220 g/mol. The number of amides is 1. The summed E-state index contributed by atoms with van der Waals surface area (Å²) in [5.74, 6) is -1.61. The van der Waals surface area contributed by atoms with Crippen LogP contribution in [0.2, 0.25) is 0 Å². The average Bonchev–Trinajstić information content (AvgIpc) is 2.25. The second-order valence-corrected chi connectivity index (χ2v) is 4.54. The van der Waals surface area contributed by atoms with Crippen LogP contribution in [0.1, 0.15) is 26.3 Å². The van der Waals surface area contributed by atoms with E-state index in [0.29, 0.717) is 0 Å². The molecule has 5 heteroatoms. The number of hydrogen-bond donors (Lipinski definition) is 1. The Kier molecular flexibility index (Phi) is 4.20. The third-order valence-corrected chi connectivity index (χ3v) is 1.79. The first kappa shape index (κ1) is 13.2. The zero-order chi connectivity index (χ0) is 12.9. The third-order valence-electron chi connectivity index (χ3n) is 1.79. The molecule has 5 nitrogen and oxygen atoms in total. The summed E-state index contributed by atoms with van der Waals surface area (Å²) in [7, 11) is 0. The standard InChI is InChI=1S/C12H16N2O3/c1-12(2,3)17-11(16)10(15)14-8-9-4-6-13-7-5-9/h4-7H,8H2,1-3H3,(H,14,15). The van der Waals surface area contributed by atoms with Gasteiger partial charge in [-0.1, -0.05) is 0 Å². The van der Waals surface area contributed by atoms with Crippen molar-refractivity contribution < 1.29 is 14.3 Å². The van der Waals surface area contributed by atoms with Crippen LogP contribution in [-0.2, 0) is 20.9 Å². The molecule has 1 aromatic rings. The monoisotopic (exact) mass is 236 g/mol. The van der Waals surface area contributed by atoms with Gasteiger partial charge in [-0.3, -0.25) is 9.78 Å². The zero-order valence-corrected chi connectivity index (χ0v) is 10.2. The minimum absolute atomic E-state index is 0.278. The van der Waals surface area contributed by atoms with E-state index in [4.69, 9.17) is 4.74 Å². The lowest BCUT2D eigenvalue weighted by Gasteiger charge is -2.18. The van der Waals surface area contributed by atoms with Crippen molar-refractivity contribution in [3.8, 4) is 0 Å². The van der Waals surface area contributed by atoms with Crippen molar-refractivity contribution in [1.29, 1.82) is 0 Å². The molecule has 92 valence electrons. The minimum Gasteiger partial charge on any atom is -0.453 e. The van der Waals surface area contributed by atoms with Crippen LogP contribution in [0.15, 0.2) is 24.5 Å². The van der Waals surface area contributed by atoms with Crippen molar-refractivity contribution in [3.05, 3.63) is 30.1 Å². The topological polar surface area (TPSA) is 68.3 Å². The van der Waals surface area contributed by atoms with Crippen molar-refractivity contribution in [2.24, 2.45) is 0 Å². The van der Waals surface area contributed by atoms with Crippen LogP contribution < -0.4 is 5.32 Å². The van der Waals surface area contributed by atoms with E-state index >= 15 is 0 Å². The molecule has 1 N–H and O–H groups in total. The van der Waals surface area contributed by atoms with Crippen LogP contribution in [0.5, 0.6) is 0 Å². The Morgan fingerprint density at radius 2 is 1.88 bits per heavy atom. The van der Waals surface area contributed by atoms with E-state index in [9.17, 15) is 9.59 Å². The molecule has 0 aliphatic rings. The lowest BCUT2D eigenvalue weighted by Crippen LogP contribution is -2.36. The van der Waals surface area contributed by atoms with E-state index in [1.54, 1.807) is 45.3 Å². The zero-order valence-electron chi connectivity index (χ0n) is 10.2. The molecule has 0 unspecified atom stereocenters. The highest BCUT2D eigenvalue weighted by Crippen LogP contribution is 2.06. The molecule has 0 saturated carbocycles. The van der Waals surface area contributed by atoms with Crippen molar-refractivity contribution in [2.75, 3.05) is 0 Å². The van der Waals surface area contributed by atoms with Gasteiger partial charge in [0.05, 0.1) is 0 Å². The summed E-state index contributed by atoms with van der Waals surface area (Å²) in [6, 6.07) is 3.52.